The molecule has 2 unspecified atom stereocenters. The highest BCUT2D eigenvalue weighted by atomic mass is 19.3. The molecule has 1 aliphatic heterocycles. The van der Waals surface area contributed by atoms with E-state index in [1.165, 1.54) is 0 Å². The molecular weight excluding hydrogens is 240 g/mol. The quantitative estimate of drug-likeness (QED) is 0.669. The van der Waals surface area contributed by atoms with Gasteiger partial charge in [0.15, 0.2) is 0 Å². The van der Waals surface area contributed by atoms with Crippen LogP contribution in [-0.4, -0.2) is 35.6 Å². The van der Waals surface area contributed by atoms with Crippen LogP contribution in [0, 0.1) is 11.8 Å². The van der Waals surface area contributed by atoms with Gasteiger partial charge in [-0.2, -0.15) is 0 Å². The zero-order valence-electron chi connectivity index (χ0n) is 11.2. The van der Waals surface area contributed by atoms with Crippen molar-refractivity contribution < 1.29 is 18.3 Å². The van der Waals surface area contributed by atoms with E-state index in [-0.39, 0.29) is 30.8 Å². The first-order chi connectivity index (χ1) is 8.16. The number of amides is 1. The number of nitrogens with zero attached hydrogens (tertiary/aromatic N) is 1. The molecular formula is C13H21F2NO2. The maximum Gasteiger partial charge on any atom is 0.410 e. The zero-order chi connectivity index (χ0) is 13.6. The second kappa shape index (κ2) is 4.35. The molecule has 1 heterocycles. The minimum Gasteiger partial charge on any atom is -0.444 e. The fraction of sp³-hybridized carbons (Fsp3) is 0.923. The van der Waals surface area contributed by atoms with Crippen molar-refractivity contribution in [3.63, 3.8) is 0 Å². The first kappa shape index (κ1) is 13.6. The lowest BCUT2D eigenvalue weighted by molar-refractivity contribution is -0.0603. The van der Waals surface area contributed by atoms with Crippen LogP contribution in [0.2, 0.25) is 0 Å². The summed E-state index contributed by atoms with van der Waals surface area (Å²) in [5, 5.41) is 0. The first-order valence-electron chi connectivity index (χ1n) is 6.52. The Morgan fingerprint density at radius 3 is 2.50 bits per heavy atom. The molecule has 1 aliphatic carbocycles. The van der Waals surface area contributed by atoms with Gasteiger partial charge in [0.05, 0.1) is 0 Å². The second-order valence-corrected chi connectivity index (χ2v) is 6.50. The zero-order valence-corrected chi connectivity index (χ0v) is 11.2. The number of carbonyl (C=O) groups excluding carboxylic acids is 1. The van der Waals surface area contributed by atoms with Crippen LogP contribution < -0.4 is 0 Å². The van der Waals surface area contributed by atoms with E-state index in [9.17, 15) is 13.6 Å². The van der Waals surface area contributed by atoms with Crippen molar-refractivity contribution in [3.05, 3.63) is 0 Å². The monoisotopic (exact) mass is 261 g/mol. The molecule has 2 fully saturated rings. The largest absolute Gasteiger partial charge is 0.444 e. The highest BCUT2D eigenvalue weighted by Gasteiger charge is 2.46. The van der Waals surface area contributed by atoms with Gasteiger partial charge in [0.1, 0.15) is 5.60 Å². The van der Waals surface area contributed by atoms with Crippen molar-refractivity contribution in [1.82, 2.24) is 4.90 Å². The molecule has 1 amide bonds. The van der Waals surface area contributed by atoms with E-state index in [2.05, 4.69) is 0 Å². The molecule has 0 aromatic carbocycles. The number of alkyl halides is 2. The average molecular weight is 261 g/mol. The van der Waals surface area contributed by atoms with E-state index in [1.54, 1.807) is 4.90 Å². The molecule has 0 radical (unpaired) electrons. The first-order valence-corrected chi connectivity index (χ1v) is 6.52. The van der Waals surface area contributed by atoms with E-state index in [0.717, 1.165) is 0 Å². The molecule has 0 aromatic rings. The van der Waals surface area contributed by atoms with Crippen molar-refractivity contribution in [2.24, 2.45) is 11.8 Å². The lowest BCUT2D eigenvalue weighted by Crippen LogP contribution is -2.35. The van der Waals surface area contributed by atoms with E-state index < -0.39 is 11.5 Å². The molecule has 104 valence electrons. The summed E-state index contributed by atoms with van der Waals surface area (Å²) in [5.74, 6) is -2.40. The minimum atomic E-state index is -2.55. The van der Waals surface area contributed by atoms with Crippen LogP contribution in [0.5, 0.6) is 0 Å². The second-order valence-electron chi connectivity index (χ2n) is 6.50. The third kappa shape index (κ3) is 3.12. The van der Waals surface area contributed by atoms with Gasteiger partial charge in [-0.3, -0.25) is 0 Å². The van der Waals surface area contributed by atoms with E-state index in [4.69, 9.17) is 4.74 Å². The molecule has 0 N–H and O–H groups in total. The van der Waals surface area contributed by atoms with Crippen LogP contribution in [0.15, 0.2) is 0 Å². The van der Waals surface area contributed by atoms with Gasteiger partial charge in [-0.15, -0.1) is 0 Å². The van der Waals surface area contributed by atoms with E-state index in [1.807, 2.05) is 20.8 Å². The average Bonchev–Trinajstić information content (AvgIpc) is 2.56. The van der Waals surface area contributed by atoms with Gasteiger partial charge in [-0.1, -0.05) is 0 Å². The Balaban J connectivity index is 1.94. The molecule has 0 spiro atoms. The number of ether oxygens (including phenoxy) is 1. The van der Waals surface area contributed by atoms with Gasteiger partial charge in [0.2, 0.25) is 5.92 Å². The summed E-state index contributed by atoms with van der Waals surface area (Å²) in [6, 6.07) is 0. The summed E-state index contributed by atoms with van der Waals surface area (Å²) in [4.78, 5) is 13.5. The molecule has 0 aromatic heterocycles. The Kier molecular flexibility index (Phi) is 3.28. The van der Waals surface area contributed by atoms with Crippen LogP contribution in [-0.2, 0) is 4.74 Å². The summed E-state index contributed by atoms with van der Waals surface area (Å²) >= 11 is 0. The van der Waals surface area contributed by atoms with Crippen LogP contribution in [0.3, 0.4) is 0 Å². The Hall–Kier alpha value is -0.870. The summed E-state index contributed by atoms with van der Waals surface area (Å²) in [5.41, 5.74) is -0.533. The summed E-state index contributed by atoms with van der Waals surface area (Å²) < 4.78 is 31.9. The predicted octanol–water partition coefficient (Wildman–Crippen LogP) is 3.29. The lowest BCUT2D eigenvalue weighted by Gasteiger charge is -2.30. The Morgan fingerprint density at radius 1 is 1.28 bits per heavy atom. The highest BCUT2D eigenvalue weighted by molar-refractivity contribution is 5.68. The van der Waals surface area contributed by atoms with Crippen LogP contribution in [0.25, 0.3) is 0 Å². The maximum absolute atomic E-state index is 13.3. The summed E-state index contributed by atoms with van der Waals surface area (Å²) in [6.07, 6.45) is 0.00442. The fourth-order valence-corrected chi connectivity index (χ4v) is 2.85. The standard InChI is InChI=1S/C13H21F2NO2/c1-12(2,3)18-11(17)16-7-9-4-5-13(14,15)6-10(9)8-16/h9-10H,4-8H2,1-3H3. The van der Waals surface area contributed by atoms with E-state index >= 15 is 0 Å². The molecule has 5 heteroatoms. The van der Waals surface area contributed by atoms with Crippen molar-refractivity contribution in [3.8, 4) is 0 Å². The number of fused-ring (bicyclic) bond motifs is 1. The predicted molar refractivity (Wildman–Crippen MR) is 63.6 cm³/mol. The Bertz CT molecular complexity index is 338. The van der Waals surface area contributed by atoms with Gasteiger partial charge < -0.3 is 9.64 Å². The van der Waals surface area contributed by atoms with Crippen molar-refractivity contribution in [2.75, 3.05) is 13.1 Å². The third-order valence-corrected chi connectivity index (χ3v) is 3.67. The smallest absolute Gasteiger partial charge is 0.410 e. The fourth-order valence-electron chi connectivity index (χ4n) is 2.85. The molecule has 1 saturated heterocycles. The number of carbonyl (C=O) groups is 1. The SMILES string of the molecule is CC(C)(C)OC(=O)N1CC2CCC(F)(F)CC2C1. The Morgan fingerprint density at radius 2 is 1.89 bits per heavy atom. The summed E-state index contributed by atoms with van der Waals surface area (Å²) in [6.45, 7) is 6.40. The van der Waals surface area contributed by atoms with Gasteiger partial charge in [-0.25, -0.2) is 13.6 Å². The molecule has 2 atom stereocenters. The minimum absolute atomic E-state index is 0.0453. The van der Waals surface area contributed by atoms with Crippen LogP contribution >= 0.6 is 0 Å². The van der Waals surface area contributed by atoms with Crippen molar-refractivity contribution in [2.45, 2.75) is 51.6 Å². The van der Waals surface area contributed by atoms with E-state index in [0.29, 0.717) is 19.5 Å². The lowest BCUT2D eigenvalue weighted by atomic mass is 9.80. The number of hydrogen-bond acceptors (Lipinski definition) is 2. The van der Waals surface area contributed by atoms with Crippen LogP contribution in [0.1, 0.15) is 40.0 Å². The maximum atomic E-state index is 13.3. The van der Waals surface area contributed by atoms with Crippen molar-refractivity contribution in [1.29, 1.82) is 0 Å². The Labute approximate surface area is 106 Å². The summed E-state index contributed by atoms with van der Waals surface area (Å²) in [7, 11) is 0. The molecule has 2 rings (SSSR count). The molecule has 1 saturated carbocycles. The highest BCUT2D eigenvalue weighted by Crippen LogP contribution is 2.43. The van der Waals surface area contributed by atoms with Gasteiger partial charge in [0, 0.05) is 25.9 Å². The van der Waals surface area contributed by atoms with Gasteiger partial charge in [0.25, 0.3) is 0 Å². The molecule has 2 aliphatic rings. The molecule has 3 nitrogen and oxygen atoms in total. The third-order valence-electron chi connectivity index (χ3n) is 3.67. The van der Waals surface area contributed by atoms with Gasteiger partial charge in [-0.05, 0) is 39.0 Å². The van der Waals surface area contributed by atoms with Crippen LogP contribution in [0.4, 0.5) is 13.6 Å². The molecule has 0 bridgehead atoms. The normalized spacial score (nSPS) is 31.1. The number of likely N-dealkylation sites (tertiary alicyclic amines) is 1. The van der Waals surface area contributed by atoms with Crippen molar-refractivity contribution >= 4 is 6.09 Å². The van der Waals surface area contributed by atoms with Gasteiger partial charge >= 0.3 is 6.09 Å². The number of halogens is 2. The number of hydrogen-bond donors (Lipinski definition) is 0. The topological polar surface area (TPSA) is 29.5 Å². The number of rotatable bonds is 0. The molecule has 18 heavy (non-hydrogen) atoms.